The maximum Gasteiger partial charge on any atom is 0.253 e. The highest BCUT2D eigenvalue weighted by atomic mass is 16.2. The molecule has 1 aromatic heterocycles. The molecule has 0 atom stereocenters. The van der Waals surface area contributed by atoms with Crippen molar-refractivity contribution in [2.75, 3.05) is 13.1 Å². The molecule has 0 radical (unpaired) electrons. The van der Waals surface area contributed by atoms with Gasteiger partial charge < -0.3 is 4.90 Å². The van der Waals surface area contributed by atoms with Crippen LogP contribution < -0.4 is 0 Å². The molecule has 0 N–H and O–H groups in total. The molecule has 23 heavy (non-hydrogen) atoms. The summed E-state index contributed by atoms with van der Waals surface area (Å²) in [7, 11) is 0. The lowest BCUT2D eigenvalue weighted by atomic mass is 10.0. The quantitative estimate of drug-likeness (QED) is 0.751. The van der Waals surface area contributed by atoms with Gasteiger partial charge in [0.05, 0.1) is 6.54 Å². The standard InChI is InChI=1S/C18H26N4O/c1-4-15(5-2)11-21(6-3)18(23)17-9-7-16(8-10-17)12-22-14-19-13-20-22/h7-10,13-15H,4-6,11-12H2,1-3H3. The molecule has 0 bridgehead atoms. The molecule has 0 aliphatic heterocycles. The summed E-state index contributed by atoms with van der Waals surface area (Å²) in [6.45, 7) is 8.66. The van der Waals surface area contributed by atoms with Gasteiger partial charge in [-0.1, -0.05) is 38.8 Å². The highest BCUT2D eigenvalue weighted by Crippen LogP contribution is 2.14. The van der Waals surface area contributed by atoms with Crippen molar-refractivity contribution in [3.8, 4) is 0 Å². The van der Waals surface area contributed by atoms with E-state index < -0.39 is 0 Å². The average molecular weight is 314 g/mol. The molecule has 1 heterocycles. The minimum absolute atomic E-state index is 0.117. The van der Waals surface area contributed by atoms with Gasteiger partial charge in [0.15, 0.2) is 0 Å². The van der Waals surface area contributed by atoms with Crippen molar-refractivity contribution in [2.24, 2.45) is 5.92 Å². The summed E-state index contributed by atoms with van der Waals surface area (Å²) < 4.78 is 1.77. The Balaban J connectivity index is 2.03. The summed E-state index contributed by atoms with van der Waals surface area (Å²) >= 11 is 0. The van der Waals surface area contributed by atoms with Crippen LogP contribution in [0.2, 0.25) is 0 Å². The fourth-order valence-electron chi connectivity index (χ4n) is 2.65. The Kier molecular flexibility index (Phi) is 6.32. The SMILES string of the molecule is CCC(CC)CN(CC)C(=O)c1ccc(Cn2cncn2)cc1. The third-order valence-corrected chi connectivity index (χ3v) is 4.31. The molecular formula is C18H26N4O. The number of benzene rings is 1. The van der Waals surface area contributed by atoms with E-state index in [1.54, 1.807) is 11.0 Å². The summed E-state index contributed by atoms with van der Waals surface area (Å²) in [5.74, 6) is 0.692. The highest BCUT2D eigenvalue weighted by Gasteiger charge is 2.17. The Hall–Kier alpha value is -2.17. The smallest absolute Gasteiger partial charge is 0.253 e. The van der Waals surface area contributed by atoms with E-state index in [1.165, 1.54) is 6.33 Å². The second-order valence-electron chi connectivity index (χ2n) is 5.82. The molecule has 1 amide bonds. The van der Waals surface area contributed by atoms with Crippen LogP contribution in [0.5, 0.6) is 0 Å². The van der Waals surface area contributed by atoms with E-state index in [9.17, 15) is 4.79 Å². The molecular weight excluding hydrogens is 288 g/mol. The summed E-state index contributed by atoms with van der Waals surface area (Å²) in [5, 5.41) is 4.09. The second-order valence-corrected chi connectivity index (χ2v) is 5.82. The van der Waals surface area contributed by atoms with E-state index in [0.717, 1.165) is 37.1 Å². The van der Waals surface area contributed by atoms with Crippen LogP contribution in [-0.2, 0) is 6.54 Å². The van der Waals surface area contributed by atoms with Crippen LogP contribution >= 0.6 is 0 Å². The molecule has 0 spiro atoms. The lowest BCUT2D eigenvalue weighted by Crippen LogP contribution is -2.35. The van der Waals surface area contributed by atoms with Gasteiger partial charge in [0, 0.05) is 18.7 Å². The highest BCUT2D eigenvalue weighted by molar-refractivity contribution is 5.94. The minimum Gasteiger partial charge on any atom is -0.339 e. The third kappa shape index (κ3) is 4.65. The van der Waals surface area contributed by atoms with Gasteiger partial charge >= 0.3 is 0 Å². The number of hydrogen-bond donors (Lipinski definition) is 0. The van der Waals surface area contributed by atoms with Gasteiger partial charge in [0.25, 0.3) is 5.91 Å². The van der Waals surface area contributed by atoms with E-state index >= 15 is 0 Å². The first-order chi connectivity index (χ1) is 11.2. The molecule has 2 aromatic rings. The van der Waals surface area contributed by atoms with Crippen molar-refractivity contribution in [1.82, 2.24) is 19.7 Å². The van der Waals surface area contributed by atoms with Crippen molar-refractivity contribution in [2.45, 2.75) is 40.2 Å². The van der Waals surface area contributed by atoms with Crippen molar-refractivity contribution in [1.29, 1.82) is 0 Å². The van der Waals surface area contributed by atoms with Crippen LogP contribution in [0.1, 0.15) is 49.5 Å². The van der Waals surface area contributed by atoms with Crippen LogP contribution in [0.4, 0.5) is 0 Å². The lowest BCUT2D eigenvalue weighted by molar-refractivity contribution is 0.0735. The van der Waals surface area contributed by atoms with Crippen molar-refractivity contribution < 1.29 is 4.79 Å². The Morgan fingerprint density at radius 1 is 1.17 bits per heavy atom. The maximum atomic E-state index is 12.7. The fraction of sp³-hybridized carbons (Fsp3) is 0.500. The molecule has 0 saturated heterocycles. The molecule has 5 heteroatoms. The van der Waals surface area contributed by atoms with Gasteiger partial charge in [-0.15, -0.1) is 0 Å². The van der Waals surface area contributed by atoms with Gasteiger partial charge in [0.1, 0.15) is 12.7 Å². The number of rotatable bonds is 8. The molecule has 0 unspecified atom stereocenters. The first kappa shape index (κ1) is 17.2. The fourth-order valence-corrected chi connectivity index (χ4v) is 2.65. The molecule has 5 nitrogen and oxygen atoms in total. The van der Waals surface area contributed by atoms with Crippen molar-refractivity contribution in [3.63, 3.8) is 0 Å². The first-order valence-corrected chi connectivity index (χ1v) is 8.38. The van der Waals surface area contributed by atoms with E-state index in [2.05, 4.69) is 23.9 Å². The topological polar surface area (TPSA) is 51.0 Å². The summed E-state index contributed by atoms with van der Waals surface area (Å²) in [6, 6.07) is 7.79. The van der Waals surface area contributed by atoms with E-state index in [0.29, 0.717) is 12.5 Å². The molecule has 0 fully saturated rings. The van der Waals surface area contributed by atoms with Gasteiger partial charge in [-0.25, -0.2) is 9.67 Å². The first-order valence-electron chi connectivity index (χ1n) is 8.38. The normalized spacial score (nSPS) is 11.0. The molecule has 2 rings (SSSR count). The zero-order valence-corrected chi connectivity index (χ0v) is 14.3. The van der Waals surface area contributed by atoms with E-state index in [1.807, 2.05) is 36.1 Å². The van der Waals surface area contributed by atoms with Crippen molar-refractivity contribution in [3.05, 3.63) is 48.0 Å². The van der Waals surface area contributed by atoms with Crippen LogP contribution in [0.3, 0.4) is 0 Å². The lowest BCUT2D eigenvalue weighted by Gasteiger charge is -2.25. The zero-order valence-electron chi connectivity index (χ0n) is 14.3. The predicted molar refractivity (Wildman–Crippen MR) is 91.2 cm³/mol. The largest absolute Gasteiger partial charge is 0.339 e. The Morgan fingerprint density at radius 2 is 1.87 bits per heavy atom. The van der Waals surface area contributed by atoms with Crippen LogP contribution in [0, 0.1) is 5.92 Å². The molecule has 0 saturated carbocycles. The van der Waals surface area contributed by atoms with Crippen LogP contribution in [0.25, 0.3) is 0 Å². The molecule has 124 valence electrons. The second kappa shape index (κ2) is 8.46. The van der Waals surface area contributed by atoms with E-state index in [4.69, 9.17) is 0 Å². The summed E-state index contributed by atoms with van der Waals surface area (Å²) in [6.07, 6.45) is 5.43. The number of carbonyl (C=O) groups is 1. The van der Waals surface area contributed by atoms with Crippen LogP contribution in [0.15, 0.2) is 36.9 Å². The molecule has 1 aromatic carbocycles. The minimum atomic E-state index is 0.117. The number of hydrogen-bond acceptors (Lipinski definition) is 3. The predicted octanol–water partition coefficient (Wildman–Crippen LogP) is 3.22. The van der Waals surface area contributed by atoms with Crippen molar-refractivity contribution >= 4 is 5.91 Å². The van der Waals surface area contributed by atoms with Gasteiger partial charge in [-0.3, -0.25) is 4.79 Å². The number of aromatic nitrogens is 3. The van der Waals surface area contributed by atoms with Gasteiger partial charge in [0.2, 0.25) is 0 Å². The van der Waals surface area contributed by atoms with E-state index in [-0.39, 0.29) is 5.91 Å². The summed E-state index contributed by atoms with van der Waals surface area (Å²) in [5.41, 5.74) is 1.86. The van der Waals surface area contributed by atoms with Crippen LogP contribution in [-0.4, -0.2) is 38.7 Å². The third-order valence-electron chi connectivity index (χ3n) is 4.31. The Morgan fingerprint density at radius 3 is 2.39 bits per heavy atom. The number of carbonyl (C=O) groups excluding carboxylic acids is 1. The zero-order chi connectivity index (χ0) is 16.7. The summed E-state index contributed by atoms with van der Waals surface area (Å²) in [4.78, 5) is 18.6. The Bertz CT molecular complexity index is 588. The number of nitrogens with zero attached hydrogens (tertiary/aromatic N) is 4. The monoisotopic (exact) mass is 314 g/mol. The molecule has 0 aliphatic carbocycles. The molecule has 0 aliphatic rings. The van der Waals surface area contributed by atoms with Gasteiger partial charge in [-0.2, -0.15) is 5.10 Å². The Labute approximate surface area is 138 Å². The maximum absolute atomic E-state index is 12.7. The van der Waals surface area contributed by atoms with Gasteiger partial charge in [-0.05, 0) is 30.5 Å². The number of amides is 1. The average Bonchev–Trinajstić information content (AvgIpc) is 3.09.